The molecule has 14 N–H and O–H groups in total. The number of carboxylic acid groups (broad SMARTS) is 1. The SMILES string of the molecule is CC(C)CC1NC(=O)[C@H](CCCN)NC(=O)[C@H](C(C)C)NC(=O)C(Cc2ccc(O)cc2)NC(CCC(=O)O)C(=O)N[C@@H](CC(N)=O)C(=O)[C@@H](Cc2ccccc2)NC(=O)[C@H](Cc2ccccc2)NC(=O)[C@@H]2CCCN2C(=O)[C@@H](Cc2ccccc2)NC1=O. The smallest absolute Gasteiger partial charge is 0.303 e. The summed E-state index contributed by atoms with van der Waals surface area (Å²) in [5, 5.41) is 42.4. The van der Waals surface area contributed by atoms with Gasteiger partial charge in [-0.15, -0.1) is 0 Å². The Morgan fingerprint density at radius 1 is 0.528 bits per heavy atom. The zero-order valence-electron chi connectivity index (χ0n) is 50.8. The van der Waals surface area contributed by atoms with Crippen LogP contribution in [0.3, 0.4) is 0 Å². The van der Waals surface area contributed by atoms with Crippen LogP contribution in [0, 0.1) is 11.8 Å². The van der Waals surface area contributed by atoms with Gasteiger partial charge in [0.05, 0.1) is 30.6 Å². The van der Waals surface area contributed by atoms with Gasteiger partial charge < -0.3 is 63.8 Å². The second-order valence-corrected chi connectivity index (χ2v) is 23.6. The first-order valence-corrected chi connectivity index (χ1v) is 30.3. The standard InChI is InChI=1S/C65H85N11O13/c1-38(2)32-49-60(84)74-52(36-42-20-12-7-13-21-42)65(89)76-31-15-23-53(76)63(87)73-51(34-41-18-10-6-11-19-41)61(85)70-47(33-40-16-8-5-9-17-40)57(81)48(37-54(67)78)71-59(83)46(28-29-55(79)80)68-50(35-43-24-26-44(77)27-25-43)62(86)75-56(39(3)4)64(88)69-45(22-14-30-66)58(82)72-49/h5-13,16-21,24-27,38-39,45-53,56,68,77H,14-15,22-23,28-37,66H2,1-4H3,(H2,67,78)(H,69,88)(H,70,85)(H,71,83)(H,72,82)(H,73,87)(H,74,84)(H,75,86)(H,79,80)/t45-,46?,47+,48-,49?,50?,51-,52+,53-,56-/m0/s1. The van der Waals surface area contributed by atoms with Gasteiger partial charge in [0, 0.05) is 25.8 Å². The lowest BCUT2D eigenvalue weighted by molar-refractivity contribution is -0.142. The molecule has 4 aromatic carbocycles. The first-order valence-electron chi connectivity index (χ1n) is 30.3. The number of ketones is 1. The minimum Gasteiger partial charge on any atom is -0.508 e. The van der Waals surface area contributed by atoms with Gasteiger partial charge in [0.1, 0.15) is 42.0 Å². The molecule has 0 radical (unpaired) electrons. The highest BCUT2D eigenvalue weighted by atomic mass is 16.4. The van der Waals surface area contributed by atoms with Gasteiger partial charge in [0.15, 0.2) is 5.78 Å². The molecular weight excluding hydrogens is 1140 g/mol. The van der Waals surface area contributed by atoms with Crippen molar-refractivity contribution in [2.45, 2.75) is 165 Å². The number of Topliss-reactive ketones (excluding diaryl/α,β-unsaturated/α-hetero) is 1. The van der Waals surface area contributed by atoms with Gasteiger partial charge >= 0.3 is 5.97 Å². The van der Waals surface area contributed by atoms with Crippen molar-refractivity contribution >= 4 is 64.9 Å². The number of benzene rings is 4. The molecule has 2 saturated heterocycles. The Morgan fingerprint density at radius 3 is 1.54 bits per heavy atom. The van der Waals surface area contributed by atoms with E-state index < -0.39 is 151 Å². The fourth-order valence-electron chi connectivity index (χ4n) is 10.9. The fraction of sp³-hybridized carbons (Fsp3) is 0.462. The van der Waals surface area contributed by atoms with Crippen LogP contribution in [0.1, 0.15) is 101 Å². The Morgan fingerprint density at radius 2 is 0.989 bits per heavy atom. The Bertz CT molecular complexity index is 3080. The summed E-state index contributed by atoms with van der Waals surface area (Å²) in [6.45, 7) is 7.13. The lowest BCUT2D eigenvalue weighted by atomic mass is 9.94. The van der Waals surface area contributed by atoms with Crippen molar-refractivity contribution in [1.82, 2.24) is 47.4 Å². The third-order valence-electron chi connectivity index (χ3n) is 15.6. The van der Waals surface area contributed by atoms with Crippen LogP contribution in [0.2, 0.25) is 0 Å². The fourth-order valence-corrected chi connectivity index (χ4v) is 10.9. The van der Waals surface area contributed by atoms with Crippen molar-refractivity contribution in [3.8, 4) is 5.75 Å². The molecule has 2 heterocycles. The van der Waals surface area contributed by atoms with Crippen LogP contribution in [0.5, 0.6) is 5.75 Å². The number of nitrogens with zero attached hydrogens (tertiary/aromatic N) is 1. The lowest BCUT2D eigenvalue weighted by Gasteiger charge is -2.32. The van der Waals surface area contributed by atoms with E-state index >= 15 is 14.4 Å². The molecule has 9 amide bonds. The number of phenolic OH excluding ortho intramolecular Hbond substituents is 1. The normalized spacial score (nSPS) is 24.2. The molecule has 89 heavy (non-hydrogen) atoms. The van der Waals surface area contributed by atoms with Crippen LogP contribution in [-0.2, 0) is 78.4 Å². The maximum atomic E-state index is 15.2. The van der Waals surface area contributed by atoms with Crippen LogP contribution >= 0.6 is 0 Å². The molecule has 0 saturated carbocycles. The van der Waals surface area contributed by atoms with Crippen molar-refractivity contribution < 1.29 is 63.0 Å². The molecule has 2 aliphatic heterocycles. The number of rotatable bonds is 19. The molecule has 10 atom stereocenters. The molecule has 0 aliphatic carbocycles. The summed E-state index contributed by atoms with van der Waals surface area (Å²) in [7, 11) is 0. The van der Waals surface area contributed by atoms with Gasteiger partial charge in [-0.05, 0) is 104 Å². The Balaban J connectivity index is 1.49. The molecule has 0 spiro atoms. The largest absolute Gasteiger partial charge is 0.508 e. The predicted octanol–water partition coefficient (Wildman–Crippen LogP) is 1.14. The minimum absolute atomic E-state index is 0.0120. The van der Waals surface area contributed by atoms with Crippen molar-refractivity contribution in [3.63, 3.8) is 0 Å². The number of primary amides is 1. The van der Waals surface area contributed by atoms with E-state index in [0.717, 1.165) is 0 Å². The monoisotopic (exact) mass is 1230 g/mol. The zero-order chi connectivity index (χ0) is 64.7. The molecule has 0 aromatic heterocycles. The number of amides is 9. The highest BCUT2D eigenvalue weighted by Crippen LogP contribution is 2.22. The average molecular weight is 1230 g/mol. The highest BCUT2D eigenvalue weighted by Gasteiger charge is 2.42. The predicted molar refractivity (Wildman–Crippen MR) is 329 cm³/mol. The van der Waals surface area contributed by atoms with Crippen LogP contribution in [0.4, 0.5) is 0 Å². The van der Waals surface area contributed by atoms with Gasteiger partial charge in [-0.25, -0.2) is 0 Å². The summed E-state index contributed by atoms with van der Waals surface area (Å²) in [5.41, 5.74) is 13.9. The van der Waals surface area contributed by atoms with Crippen LogP contribution in [0.25, 0.3) is 0 Å². The second-order valence-electron chi connectivity index (χ2n) is 23.6. The quantitative estimate of drug-likeness (QED) is 0.0626. The zero-order valence-corrected chi connectivity index (χ0v) is 50.8. The van der Waals surface area contributed by atoms with E-state index in [2.05, 4.69) is 42.5 Å². The number of carbonyl (C=O) groups is 11. The van der Waals surface area contributed by atoms with E-state index in [-0.39, 0.29) is 76.1 Å². The van der Waals surface area contributed by atoms with Gasteiger partial charge in [-0.1, -0.05) is 131 Å². The molecule has 24 heteroatoms. The lowest BCUT2D eigenvalue weighted by Crippen LogP contribution is -2.62. The number of hydrogen-bond donors (Lipinski definition) is 12. The summed E-state index contributed by atoms with van der Waals surface area (Å²) in [6.07, 6.45) is -1.74. The molecular formula is C65H85N11O13. The third-order valence-corrected chi connectivity index (χ3v) is 15.6. The summed E-state index contributed by atoms with van der Waals surface area (Å²) in [6, 6.07) is 17.5. The number of nitrogens with one attached hydrogen (secondary N) is 8. The minimum atomic E-state index is -1.79. The van der Waals surface area contributed by atoms with E-state index in [4.69, 9.17) is 11.5 Å². The number of fused-ring (bicyclic) bond motifs is 1. The molecule has 4 aromatic rings. The number of nitrogens with two attached hydrogens (primary N) is 2. The number of carbonyl (C=O) groups excluding carboxylic acids is 10. The van der Waals surface area contributed by atoms with E-state index in [1.165, 1.54) is 29.2 Å². The molecule has 2 aliphatic rings. The first kappa shape index (κ1) is 69.1. The van der Waals surface area contributed by atoms with E-state index in [1.807, 2.05) is 13.8 Å². The Hall–Kier alpha value is -9.03. The Kier molecular flexibility index (Phi) is 26.3. The maximum Gasteiger partial charge on any atom is 0.303 e. The van der Waals surface area contributed by atoms with Crippen molar-refractivity contribution in [2.75, 3.05) is 13.1 Å². The second kappa shape index (κ2) is 33.9. The van der Waals surface area contributed by atoms with E-state index in [0.29, 0.717) is 28.7 Å². The molecule has 478 valence electrons. The van der Waals surface area contributed by atoms with Crippen molar-refractivity contribution in [3.05, 3.63) is 138 Å². The van der Waals surface area contributed by atoms with Gasteiger partial charge in [0.2, 0.25) is 53.2 Å². The van der Waals surface area contributed by atoms with Crippen LogP contribution in [0.15, 0.2) is 115 Å². The van der Waals surface area contributed by atoms with E-state index in [1.54, 1.807) is 105 Å². The summed E-state index contributed by atoms with van der Waals surface area (Å²) >= 11 is 0. The molecule has 3 unspecified atom stereocenters. The number of phenols is 1. The Labute approximate surface area is 518 Å². The number of carboxylic acids is 1. The van der Waals surface area contributed by atoms with Crippen LogP contribution < -0.4 is 54.0 Å². The van der Waals surface area contributed by atoms with Crippen LogP contribution in [-0.4, -0.2) is 154 Å². The average Bonchev–Trinajstić information content (AvgIpc) is 3.53. The maximum absolute atomic E-state index is 15.2. The molecule has 6 rings (SSSR count). The summed E-state index contributed by atoms with van der Waals surface area (Å²) in [4.78, 5) is 160. The van der Waals surface area contributed by atoms with Gasteiger partial charge in [-0.2, -0.15) is 0 Å². The summed E-state index contributed by atoms with van der Waals surface area (Å²) in [5.74, 6) is -10.7. The topological polar surface area (TPSA) is 380 Å². The number of hydrogen-bond acceptors (Lipinski definition) is 14. The highest BCUT2D eigenvalue weighted by molar-refractivity contribution is 6.01. The van der Waals surface area contributed by atoms with Crippen molar-refractivity contribution in [2.24, 2.45) is 23.3 Å². The third kappa shape index (κ3) is 21.4. The summed E-state index contributed by atoms with van der Waals surface area (Å²) < 4.78 is 0. The number of aliphatic carboxylic acids is 1. The molecule has 0 bridgehead atoms. The first-order chi connectivity index (χ1) is 42.5. The van der Waals surface area contributed by atoms with E-state index in [9.17, 15) is 48.6 Å². The van der Waals surface area contributed by atoms with Gasteiger partial charge in [-0.3, -0.25) is 58.1 Å². The van der Waals surface area contributed by atoms with Crippen molar-refractivity contribution in [1.29, 1.82) is 0 Å². The van der Waals surface area contributed by atoms with Gasteiger partial charge in [0.25, 0.3) is 0 Å². The number of aromatic hydroxyl groups is 1. The molecule has 24 nitrogen and oxygen atoms in total. The molecule has 2 fully saturated rings.